The van der Waals surface area contributed by atoms with Gasteiger partial charge in [0.2, 0.25) is 5.91 Å². The SMILES string of the molecule is CC1CCCC(C)N1NC(=O)NC(=O)CC(C)(C)C(=O)O. The molecule has 1 aliphatic heterocycles. The van der Waals surface area contributed by atoms with Crippen LogP contribution in [0.5, 0.6) is 0 Å². The minimum Gasteiger partial charge on any atom is -0.481 e. The van der Waals surface area contributed by atoms with Gasteiger partial charge in [-0.1, -0.05) is 6.42 Å². The first-order chi connectivity index (χ1) is 9.63. The molecule has 21 heavy (non-hydrogen) atoms. The van der Waals surface area contributed by atoms with Gasteiger partial charge in [-0.05, 0) is 40.5 Å². The predicted molar refractivity (Wildman–Crippen MR) is 77.3 cm³/mol. The van der Waals surface area contributed by atoms with Crippen molar-refractivity contribution in [1.82, 2.24) is 15.8 Å². The number of amides is 3. The van der Waals surface area contributed by atoms with E-state index < -0.39 is 23.3 Å². The van der Waals surface area contributed by atoms with Crippen LogP contribution in [0.2, 0.25) is 0 Å². The normalized spacial score (nSPS) is 23.4. The van der Waals surface area contributed by atoms with Crippen molar-refractivity contribution in [3.63, 3.8) is 0 Å². The Bertz CT molecular complexity index is 412. The largest absolute Gasteiger partial charge is 0.481 e. The molecule has 3 N–H and O–H groups in total. The standard InChI is InChI=1S/C14H25N3O4/c1-9-6-5-7-10(2)17(9)16-13(21)15-11(18)8-14(3,4)12(19)20/h9-10H,5-8H2,1-4H3,(H,19,20)(H2,15,16,18,21). The molecule has 0 bridgehead atoms. The lowest BCUT2D eigenvalue weighted by Crippen LogP contribution is -2.57. The molecule has 2 unspecified atom stereocenters. The van der Waals surface area contributed by atoms with Crippen LogP contribution in [0.1, 0.15) is 53.4 Å². The number of piperidine rings is 1. The molecule has 1 saturated heterocycles. The summed E-state index contributed by atoms with van der Waals surface area (Å²) in [4.78, 5) is 34.5. The summed E-state index contributed by atoms with van der Waals surface area (Å²) < 4.78 is 0. The summed E-state index contributed by atoms with van der Waals surface area (Å²) in [6.07, 6.45) is 2.85. The minimum absolute atomic E-state index is 0.213. The van der Waals surface area contributed by atoms with Gasteiger partial charge in [0, 0.05) is 18.5 Å². The molecule has 0 aromatic carbocycles. The highest BCUT2D eigenvalue weighted by Crippen LogP contribution is 2.21. The fourth-order valence-corrected chi connectivity index (χ4v) is 2.43. The number of imide groups is 1. The van der Waals surface area contributed by atoms with Crippen LogP contribution in [0.3, 0.4) is 0 Å². The summed E-state index contributed by atoms with van der Waals surface area (Å²) in [6, 6.07) is -0.183. The number of urea groups is 1. The van der Waals surface area contributed by atoms with E-state index in [-0.39, 0.29) is 18.5 Å². The molecule has 7 heteroatoms. The van der Waals surface area contributed by atoms with Gasteiger partial charge >= 0.3 is 12.0 Å². The molecule has 7 nitrogen and oxygen atoms in total. The van der Waals surface area contributed by atoms with E-state index in [0.29, 0.717) is 0 Å². The minimum atomic E-state index is -1.20. The molecule has 1 heterocycles. The molecule has 0 aliphatic carbocycles. The first-order valence-corrected chi connectivity index (χ1v) is 7.25. The maximum Gasteiger partial charge on any atom is 0.335 e. The topological polar surface area (TPSA) is 98.7 Å². The average molecular weight is 299 g/mol. The van der Waals surface area contributed by atoms with Crippen LogP contribution < -0.4 is 10.7 Å². The van der Waals surface area contributed by atoms with Crippen molar-refractivity contribution in [1.29, 1.82) is 0 Å². The summed E-state index contributed by atoms with van der Waals surface area (Å²) >= 11 is 0. The molecule has 1 aliphatic rings. The average Bonchev–Trinajstić information content (AvgIpc) is 2.32. The van der Waals surface area contributed by atoms with E-state index in [1.165, 1.54) is 13.8 Å². The van der Waals surface area contributed by atoms with Crippen molar-refractivity contribution in [2.75, 3.05) is 0 Å². The number of carboxylic acid groups (broad SMARTS) is 1. The summed E-state index contributed by atoms with van der Waals surface area (Å²) in [5, 5.41) is 13.0. The Hall–Kier alpha value is -1.63. The number of carbonyl (C=O) groups is 3. The Morgan fingerprint density at radius 2 is 1.71 bits per heavy atom. The summed E-state index contributed by atoms with van der Waals surface area (Å²) in [7, 11) is 0. The second-order valence-electron chi connectivity index (χ2n) is 6.39. The van der Waals surface area contributed by atoms with Gasteiger partial charge in [-0.3, -0.25) is 20.3 Å². The maximum atomic E-state index is 11.8. The highest BCUT2D eigenvalue weighted by Gasteiger charge is 2.31. The van der Waals surface area contributed by atoms with Gasteiger partial charge in [-0.2, -0.15) is 0 Å². The van der Waals surface area contributed by atoms with Crippen molar-refractivity contribution >= 4 is 17.9 Å². The lowest BCUT2D eigenvalue weighted by molar-refractivity contribution is -0.149. The second kappa shape index (κ2) is 6.89. The van der Waals surface area contributed by atoms with E-state index in [0.717, 1.165) is 19.3 Å². The van der Waals surface area contributed by atoms with Gasteiger partial charge in [-0.25, -0.2) is 9.80 Å². The van der Waals surface area contributed by atoms with Crippen LogP contribution >= 0.6 is 0 Å². The molecule has 1 fully saturated rings. The Morgan fingerprint density at radius 1 is 1.19 bits per heavy atom. The Balaban J connectivity index is 2.49. The highest BCUT2D eigenvalue weighted by atomic mass is 16.4. The van der Waals surface area contributed by atoms with Crippen LogP contribution in [0.15, 0.2) is 0 Å². The van der Waals surface area contributed by atoms with Gasteiger partial charge in [0.05, 0.1) is 5.41 Å². The lowest BCUT2D eigenvalue weighted by atomic mass is 9.89. The zero-order valence-electron chi connectivity index (χ0n) is 13.1. The van der Waals surface area contributed by atoms with Crippen LogP contribution in [-0.2, 0) is 9.59 Å². The molecular formula is C14H25N3O4. The Morgan fingerprint density at radius 3 is 2.19 bits per heavy atom. The zero-order chi connectivity index (χ0) is 16.2. The number of carbonyl (C=O) groups excluding carboxylic acids is 2. The molecule has 3 amide bonds. The van der Waals surface area contributed by atoms with E-state index in [9.17, 15) is 14.4 Å². The number of nitrogens with zero attached hydrogens (tertiary/aromatic N) is 1. The number of aliphatic carboxylic acids is 1. The molecule has 0 aromatic rings. The smallest absolute Gasteiger partial charge is 0.335 e. The lowest BCUT2D eigenvalue weighted by Gasteiger charge is -2.38. The van der Waals surface area contributed by atoms with E-state index in [2.05, 4.69) is 10.7 Å². The molecule has 0 saturated carbocycles. The third-order valence-corrected chi connectivity index (χ3v) is 3.86. The zero-order valence-corrected chi connectivity index (χ0v) is 13.1. The van der Waals surface area contributed by atoms with Crippen LogP contribution in [0, 0.1) is 5.41 Å². The van der Waals surface area contributed by atoms with Gasteiger partial charge < -0.3 is 5.11 Å². The predicted octanol–water partition coefficient (Wildman–Crippen LogP) is 1.49. The van der Waals surface area contributed by atoms with Crippen LogP contribution in [0.4, 0.5) is 4.79 Å². The van der Waals surface area contributed by atoms with Gasteiger partial charge in [-0.15, -0.1) is 0 Å². The van der Waals surface area contributed by atoms with E-state index >= 15 is 0 Å². The van der Waals surface area contributed by atoms with E-state index in [1.807, 2.05) is 18.9 Å². The first kappa shape index (κ1) is 17.4. The van der Waals surface area contributed by atoms with Crippen molar-refractivity contribution in [2.45, 2.75) is 65.5 Å². The molecule has 0 aromatic heterocycles. The van der Waals surface area contributed by atoms with E-state index in [4.69, 9.17) is 5.11 Å². The van der Waals surface area contributed by atoms with Crippen molar-refractivity contribution < 1.29 is 19.5 Å². The number of hydrogen-bond acceptors (Lipinski definition) is 4. The molecule has 1 rings (SSSR count). The summed E-state index contributed by atoms with van der Waals surface area (Å²) in [6.45, 7) is 6.93. The third-order valence-electron chi connectivity index (χ3n) is 3.86. The Labute approximate surface area is 125 Å². The maximum absolute atomic E-state index is 11.8. The molecule has 0 radical (unpaired) electrons. The fraction of sp³-hybridized carbons (Fsp3) is 0.786. The quantitative estimate of drug-likeness (QED) is 0.730. The number of hydrazine groups is 1. The van der Waals surface area contributed by atoms with Gasteiger partial charge in [0.1, 0.15) is 0 Å². The monoisotopic (exact) mass is 299 g/mol. The molecular weight excluding hydrogens is 274 g/mol. The molecule has 0 spiro atoms. The summed E-state index contributed by atoms with van der Waals surface area (Å²) in [5.41, 5.74) is 1.48. The number of rotatable bonds is 4. The van der Waals surface area contributed by atoms with Gasteiger partial charge in [0.15, 0.2) is 0 Å². The second-order valence-corrected chi connectivity index (χ2v) is 6.39. The number of hydrogen-bond donors (Lipinski definition) is 3. The fourth-order valence-electron chi connectivity index (χ4n) is 2.43. The van der Waals surface area contributed by atoms with Crippen molar-refractivity contribution in [2.24, 2.45) is 5.41 Å². The van der Waals surface area contributed by atoms with E-state index in [1.54, 1.807) is 0 Å². The number of carboxylic acids is 1. The highest BCUT2D eigenvalue weighted by molar-refractivity contribution is 5.96. The van der Waals surface area contributed by atoms with Gasteiger partial charge in [0.25, 0.3) is 0 Å². The van der Waals surface area contributed by atoms with Crippen LogP contribution in [0.25, 0.3) is 0 Å². The van der Waals surface area contributed by atoms with Crippen LogP contribution in [-0.4, -0.2) is 40.1 Å². The third kappa shape index (κ3) is 5.00. The molecule has 2 atom stereocenters. The molecule has 120 valence electrons. The first-order valence-electron chi connectivity index (χ1n) is 7.25. The van der Waals surface area contributed by atoms with Crippen molar-refractivity contribution in [3.05, 3.63) is 0 Å². The summed E-state index contributed by atoms with van der Waals surface area (Å²) in [5.74, 6) is -1.67. The van der Waals surface area contributed by atoms with Crippen molar-refractivity contribution in [3.8, 4) is 0 Å². The number of nitrogens with one attached hydrogen (secondary N) is 2. The Kier molecular flexibility index (Phi) is 5.71.